The topological polar surface area (TPSA) is 114 Å². The molecular weight excluding hydrogens is 630 g/mol. The van der Waals surface area contributed by atoms with Crippen molar-refractivity contribution >= 4 is 38.9 Å². The van der Waals surface area contributed by atoms with Crippen molar-refractivity contribution in [2.24, 2.45) is 11.8 Å². The first-order valence-corrected chi connectivity index (χ1v) is 16.5. The molecule has 5 aromatic rings. The summed E-state index contributed by atoms with van der Waals surface area (Å²) in [5.74, 6) is 0.469. The van der Waals surface area contributed by atoms with Gasteiger partial charge in [0, 0.05) is 48.2 Å². The summed E-state index contributed by atoms with van der Waals surface area (Å²) >= 11 is 0. The Morgan fingerprint density at radius 2 is 1.88 bits per heavy atom. The minimum Gasteiger partial charge on any atom is -0.493 e. The Morgan fingerprint density at radius 1 is 1.00 bits per heavy atom. The van der Waals surface area contributed by atoms with Gasteiger partial charge in [-0.15, -0.1) is 0 Å². The summed E-state index contributed by atoms with van der Waals surface area (Å²) in [5, 5.41) is 3.95. The monoisotopic (exact) mass is 664 g/mol. The number of nitrogens with zero attached hydrogens (tertiary/aromatic N) is 4. The number of hydrogen-bond donors (Lipinski definition) is 2. The molecular formula is C37H34F2N6O4. The average Bonchev–Trinajstić information content (AvgIpc) is 3.76. The van der Waals surface area contributed by atoms with E-state index in [1.165, 1.54) is 37.4 Å². The number of aromatic amines is 1. The van der Waals surface area contributed by atoms with E-state index in [4.69, 9.17) is 14.2 Å². The maximum atomic E-state index is 15.5. The largest absolute Gasteiger partial charge is 0.493 e. The summed E-state index contributed by atoms with van der Waals surface area (Å²) < 4.78 is 47.1. The minimum atomic E-state index is -0.655. The summed E-state index contributed by atoms with van der Waals surface area (Å²) in [5.41, 5.74) is 2.54. The Bertz CT molecular complexity index is 2200. The number of fused-ring (bicyclic) bond motifs is 3. The second-order valence-corrected chi connectivity index (χ2v) is 12.6. The number of allylic oxidation sites excluding steroid dienone is 4. The number of nitrogens with one attached hydrogen (secondary N) is 2. The van der Waals surface area contributed by atoms with Gasteiger partial charge in [-0.3, -0.25) is 4.79 Å². The number of rotatable bonds is 11. The first-order valence-electron chi connectivity index (χ1n) is 16.5. The highest BCUT2D eigenvalue weighted by atomic mass is 19.1. The van der Waals surface area contributed by atoms with Gasteiger partial charge in [0.1, 0.15) is 18.0 Å². The van der Waals surface area contributed by atoms with Crippen LogP contribution < -0.4 is 25.0 Å². The van der Waals surface area contributed by atoms with Gasteiger partial charge < -0.3 is 29.4 Å². The molecule has 0 radical (unpaired) electrons. The van der Waals surface area contributed by atoms with Gasteiger partial charge in [-0.05, 0) is 80.6 Å². The fraction of sp³-hybridized carbons (Fsp3) is 0.297. The number of ether oxygens (including phenoxy) is 3. The van der Waals surface area contributed by atoms with Gasteiger partial charge in [0.05, 0.1) is 35.5 Å². The summed E-state index contributed by atoms with van der Waals surface area (Å²) in [4.78, 5) is 32.4. The normalized spacial score (nSPS) is 18.6. The second-order valence-electron chi connectivity index (χ2n) is 12.6. The number of benzene rings is 2. The van der Waals surface area contributed by atoms with Crippen molar-refractivity contribution in [1.82, 2.24) is 24.8 Å². The Morgan fingerprint density at radius 3 is 2.71 bits per heavy atom. The third-order valence-corrected chi connectivity index (χ3v) is 9.43. The van der Waals surface area contributed by atoms with E-state index in [2.05, 4.69) is 30.2 Å². The first kappa shape index (κ1) is 30.9. The maximum absolute atomic E-state index is 15.5. The molecule has 2 fully saturated rings. The highest BCUT2D eigenvalue weighted by Gasteiger charge is 2.45. The van der Waals surface area contributed by atoms with Crippen LogP contribution in [0.3, 0.4) is 0 Å². The van der Waals surface area contributed by atoms with Crippen molar-refractivity contribution in [3.8, 4) is 23.1 Å². The molecule has 2 N–H and O–H groups in total. The quantitative estimate of drug-likeness (QED) is 0.140. The van der Waals surface area contributed by atoms with Gasteiger partial charge in [-0.25, -0.2) is 23.7 Å². The van der Waals surface area contributed by atoms with Crippen LogP contribution in [0.4, 0.5) is 20.3 Å². The van der Waals surface area contributed by atoms with E-state index in [1.807, 2.05) is 0 Å². The first-order chi connectivity index (χ1) is 24.0. The van der Waals surface area contributed by atoms with Crippen LogP contribution in [0.2, 0.25) is 0 Å². The molecule has 1 aliphatic heterocycles. The molecule has 10 nitrogen and oxygen atoms in total. The Balaban J connectivity index is 1.01. The Hall–Kier alpha value is -5.36. The summed E-state index contributed by atoms with van der Waals surface area (Å²) in [7, 11) is 1.56. The van der Waals surface area contributed by atoms with Crippen molar-refractivity contribution in [2.75, 3.05) is 38.7 Å². The predicted octanol–water partition coefficient (Wildman–Crippen LogP) is 7.30. The van der Waals surface area contributed by atoms with Crippen LogP contribution >= 0.6 is 0 Å². The second kappa shape index (κ2) is 12.9. The zero-order chi connectivity index (χ0) is 33.5. The average molecular weight is 665 g/mol. The lowest BCUT2D eigenvalue weighted by molar-refractivity contribution is 0.254. The fourth-order valence-corrected chi connectivity index (χ4v) is 6.79. The molecule has 250 valence electrons. The lowest BCUT2D eigenvalue weighted by Crippen LogP contribution is -2.21. The van der Waals surface area contributed by atoms with E-state index in [9.17, 15) is 9.18 Å². The lowest BCUT2D eigenvalue weighted by atomic mass is 9.96. The molecule has 0 amide bonds. The van der Waals surface area contributed by atoms with Crippen molar-refractivity contribution in [3.63, 3.8) is 0 Å². The number of H-pyrrole nitrogens is 1. The highest BCUT2D eigenvalue weighted by molar-refractivity contribution is 5.93. The third-order valence-electron chi connectivity index (χ3n) is 9.43. The molecule has 2 aromatic carbocycles. The molecule has 8 rings (SSSR count). The van der Waals surface area contributed by atoms with Crippen LogP contribution in [0, 0.1) is 17.7 Å². The molecule has 12 heteroatoms. The van der Waals surface area contributed by atoms with E-state index in [-0.39, 0.29) is 40.5 Å². The predicted molar refractivity (Wildman–Crippen MR) is 183 cm³/mol. The molecule has 3 aliphatic rings. The number of pyridine rings is 2. The van der Waals surface area contributed by atoms with Crippen molar-refractivity contribution < 1.29 is 23.0 Å². The van der Waals surface area contributed by atoms with E-state index < -0.39 is 5.82 Å². The van der Waals surface area contributed by atoms with Crippen molar-refractivity contribution in [2.45, 2.75) is 25.7 Å². The van der Waals surface area contributed by atoms with Gasteiger partial charge in [0.25, 0.3) is 0 Å². The minimum absolute atomic E-state index is 0.00348. The van der Waals surface area contributed by atoms with Crippen LogP contribution in [0.25, 0.3) is 27.4 Å². The van der Waals surface area contributed by atoms with E-state index >= 15 is 4.39 Å². The SMILES string of the molecule is COc1cc2c(Oc3ccc(Nc4nccc5[nH]cc(C6=CC=C(F)C7CC67)c(=O)c45)cc3F)ncnc2cc1OCCCN1CCCC1. The molecule has 0 spiro atoms. The molecule has 2 atom stereocenters. The standard InChI is InChI=1S/C37H34F2N6O4/c1-47-32-17-25-30(18-33(32)48-14-4-13-45-11-2-3-12-45)42-20-43-37(25)49-31-8-5-21(15-28(31)39)44-36-34-29(9-10-40-36)41-19-26(35(34)46)22-6-7-27(38)24-16-23(22)24/h5-10,15,17-20,23-24H,2-4,11-14,16H2,1H3,(H,40,44)(H,41,46). The van der Waals surface area contributed by atoms with Gasteiger partial charge in [-0.2, -0.15) is 0 Å². The zero-order valence-corrected chi connectivity index (χ0v) is 26.8. The highest BCUT2D eigenvalue weighted by Crippen LogP contribution is 2.54. The van der Waals surface area contributed by atoms with Crippen LogP contribution in [0.15, 0.2) is 77.9 Å². The molecule has 0 bridgehead atoms. The summed E-state index contributed by atoms with van der Waals surface area (Å²) in [6.45, 7) is 3.82. The van der Waals surface area contributed by atoms with Crippen LogP contribution in [-0.2, 0) is 0 Å². The summed E-state index contributed by atoms with van der Waals surface area (Å²) in [6.07, 6.45) is 11.8. The van der Waals surface area contributed by atoms with Crippen molar-refractivity contribution in [1.29, 1.82) is 0 Å². The van der Waals surface area contributed by atoms with Gasteiger partial charge in [0.15, 0.2) is 23.1 Å². The molecule has 49 heavy (non-hydrogen) atoms. The molecule has 1 saturated carbocycles. The molecule has 4 heterocycles. The van der Waals surface area contributed by atoms with E-state index in [0.717, 1.165) is 31.6 Å². The number of likely N-dealkylation sites (tertiary alicyclic amines) is 1. The number of hydrogen-bond acceptors (Lipinski definition) is 9. The third kappa shape index (κ3) is 6.08. The fourth-order valence-electron chi connectivity index (χ4n) is 6.79. The Kier molecular flexibility index (Phi) is 8.16. The van der Waals surface area contributed by atoms with E-state index in [0.29, 0.717) is 57.6 Å². The van der Waals surface area contributed by atoms with Gasteiger partial charge >= 0.3 is 0 Å². The molecule has 3 aromatic heterocycles. The van der Waals surface area contributed by atoms with Gasteiger partial charge in [0.2, 0.25) is 11.3 Å². The number of halogens is 2. The number of aromatic nitrogens is 4. The van der Waals surface area contributed by atoms with Crippen LogP contribution in [0.1, 0.15) is 31.2 Å². The van der Waals surface area contributed by atoms with Crippen LogP contribution in [-0.4, -0.2) is 58.2 Å². The molecule has 2 aliphatic carbocycles. The Labute approximate surface area is 280 Å². The molecule has 2 unspecified atom stereocenters. The number of anilines is 2. The van der Waals surface area contributed by atoms with Gasteiger partial charge in [-0.1, -0.05) is 6.08 Å². The van der Waals surface area contributed by atoms with Crippen LogP contribution in [0.5, 0.6) is 23.1 Å². The lowest BCUT2D eigenvalue weighted by Gasteiger charge is -2.16. The van der Waals surface area contributed by atoms with E-state index in [1.54, 1.807) is 49.8 Å². The smallest absolute Gasteiger partial charge is 0.230 e. The maximum Gasteiger partial charge on any atom is 0.230 e. The molecule has 1 saturated heterocycles. The zero-order valence-electron chi connectivity index (χ0n) is 26.8. The number of methoxy groups -OCH3 is 1. The summed E-state index contributed by atoms with van der Waals surface area (Å²) in [6, 6.07) is 9.56. The van der Waals surface area contributed by atoms with Crippen molar-refractivity contribution in [3.05, 3.63) is 94.7 Å².